The summed E-state index contributed by atoms with van der Waals surface area (Å²) in [6, 6.07) is 57.4. The first kappa shape index (κ1) is 30.2. The van der Waals surface area contributed by atoms with Gasteiger partial charge in [-0.25, -0.2) is 9.98 Å². The van der Waals surface area contributed by atoms with Crippen LogP contribution in [0.15, 0.2) is 186 Å². The highest BCUT2D eigenvalue weighted by atomic mass is 15.3. The maximum atomic E-state index is 4.83. The van der Waals surface area contributed by atoms with Gasteiger partial charge in [0.25, 0.3) is 0 Å². The number of aromatic nitrogens is 3. The molecule has 0 saturated carbocycles. The molecule has 3 heterocycles. The summed E-state index contributed by atoms with van der Waals surface area (Å²) in [4.78, 5) is 9.52. The van der Waals surface area contributed by atoms with Gasteiger partial charge in [0.15, 0.2) is 0 Å². The summed E-state index contributed by atoms with van der Waals surface area (Å²) in [7, 11) is 0. The van der Waals surface area contributed by atoms with Crippen LogP contribution in [-0.4, -0.2) is 15.4 Å². The van der Waals surface area contributed by atoms with Crippen molar-refractivity contribution in [2.24, 2.45) is 9.98 Å². The van der Waals surface area contributed by atoms with Crippen LogP contribution in [0.1, 0.15) is 11.1 Å². The Morgan fingerprint density at radius 3 is 1.82 bits per heavy atom. The molecular formula is C46H31N5. The van der Waals surface area contributed by atoms with Crippen LogP contribution in [-0.2, 0) is 6.42 Å². The molecule has 0 radical (unpaired) electrons. The SMILES string of the molecule is c1ccc(-c2ccc3c(c2-c2ccccc2)Cc2ccccc2-3)cc1.c1ccc2c(c1)N=c1ccc3c(c1-2)N=c1ccccc1=3.c1cnnnc1. The molecule has 0 spiro atoms. The van der Waals surface area contributed by atoms with Crippen LogP contribution in [0.4, 0.5) is 11.4 Å². The molecule has 0 atom stereocenters. The Morgan fingerprint density at radius 1 is 0.392 bits per heavy atom. The van der Waals surface area contributed by atoms with Crippen molar-refractivity contribution < 1.29 is 0 Å². The molecule has 0 amide bonds. The van der Waals surface area contributed by atoms with Gasteiger partial charge in [0.2, 0.25) is 0 Å². The van der Waals surface area contributed by atoms with E-state index in [9.17, 15) is 0 Å². The van der Waals surface area contributed by atoms with Crippen molar-refractivity contribution in [2.45, 2.75) is 6.42 Å². The summed E-state index contributed by atoms with van der Waals surface area (Å²) >= 11 is 0. The standard InChI is InChI=1S/C25H18.C18H10N2.C3H3N3/c1-3-9-18(10-4-1)22-15-16-23-21-14-8-7-13-20(21)17-24(23)25(22)19-11-5-2-6-12-19;1-3-7-14-11(5-1)12-9-10-16-17(18(12)20-14)13-6-2-4-8-15(13)19-16;1-2-4-6-5-3-1/h1-16H,17H2;1-10H;1-3H. The van der Waals surface area contributed by atoms with Crippen molar-refractivity contribution in [3.63, 3.8) is 0 Å². The number of fused-ring (bicyclic) bond motifs is 9. The highest BCUT2D eigenvalue weighted by Crippen LogP contribution is 2.46. The van der Waals surface area contributed by atoms with Gasteiger partial charge in [-0.2, -0.15) is 0 Å². The highest BCUT2D eigenvalue weighted by Gasteiger charge is 2.24. The zero-order chi connectivity index (χ0) is 34.0. The average Bonchev–Trinajstić information content (AvgIpc) is 3.90. The fourth-order valence-electron chi connectivity index (χ4n) is 7.31. The van der Waals surface area contributed by atoms with Crippen molar-refractivity contribution in [1.82, 2.24) is 15.4 Å². The molecule has 7 aromatic carbocycles. The number of nitrogens with zero attached hydrogens (tertiary/aromatic N) is 5. The van der Waals surface area contributed by atoms with E-state index in [-0.39, 0.29) is 0 Å². The minimum Gasteiger partial charge on any atom is -0.248 e. The zero-order valence-electron chi connectivity index (χ0n) is 27.7. The summed E-state index contributed by atoms with van der Waals surface area (Å²) in [6.45, 7) is 0. The Balaban J connectivity index is 0.000000119. The molecule has 0 bridgehead atoms. The third-order valence-corrected chi connectivity index (χ3v) is 9.54. The molecule has 0 N–H and O–H groups in total. The van der Waals surface area contributed by atoms with Crippen molar-refractivity contribution in [1.29, 1.82) is 0 Å². The maximum Gasteiger partial charge on any atom is 0.0817 e. The molecule has 1 aliphatic carbocycles. The number of para-hydroxylation sites is 2. The first-order valence-electron chi connectivity index (χ1n) is 17.1. The Labute approximate surface area is 295 Å². The summed E-state index contributed by atoms with van der Waals surface area (Å²) in [5, 5.41) is 14.6. The summed E-state index contributed by atoms with van der Waals surface area (Å²) < 4.78 is 0. The highest BCUT2D eigenvalue weighted by molar-refractivity contribution is 5.93. The second-order valence-corrected chi connectivity index (χ2v) is 12.5. The molecule has 240 valence electrons. The van der Waals surface area contributed by atoms with Crippen LogP contribution in [0.25, 0.3) is 44.5 Å². The molecule has 5 heteroatoms. The molecule has 0 unspecified atom stereocenters. The van der Waals surface area contributed by atoms with Gasteiger partial charge in [0.1, 0.15) is 0 Å². The fourth-order valence-corrected chi connectivity index (χ4v) is 7.31. The molecule has 2 aliphatic heterocycles. The quantitative estimate of drug-likeness (QED) is 0.187. The van der Waals surface area contributed by atoms with Gasteiger partial charge in [-0.15, -0.1) is 10.2 Å². The lowest BCUT2D eigenvalue weighted by molar-refractivity contribution is 0.865. The van der Waals surface area contributed by atoms with Crippen LogP contribution in [0.5, 0.6) is 0 Å². The van der Waals surface area contributed by atoms with Crippen molar-refractivity contribution in [3.8, 4) is 44.5 Å². The first-order valence-corrected chi connectivity index (χ1v) is 17.1. The van der Waals surface area contributed by atoms with E-state index in [1.165, 1.54) is 66.1 Å². The third-order valence-electron chi connectivity index (χ3n) is 9.54. The molecule has 11 rings (SSSR count). The Morgan fingerprint density at radius 2 is 1.06 bits per heavy atom. The summed E-state index contributed by atoms with van der Waals surface area (Å²) in [5.74, 6) is 0. The van der Waals surface area contributed by atoms with E-state index in [1.807, 2.05) is 12.1 Å². The Hall–Kier alpha value is -6.85. The van der Waals surface area contributed by atoms with Crippen LogP contribution in [0.2, 0.25) is 0 Å². The zero-order valence-corrected chi connectivity index (χ0v) is 27.7. The van der Waals surface area contributed by atoms with E-state index in [4.69, 9.17) is 9.98 Å². The molecule has 3 aliphatic rings. The van der Waals surface area contributed by atoms with E-state index in [0.29, 0.717) is 0 Å². The fraction of sp³-hybridized carbons (Fsp3) is 0.0217. The number of rotatable bonds is 2. The number of benzene rings is 7. The lowest BCUT2D eigenvalue weighted by Crippen LogP contribution is -2.00. The molecule has 51 heavy (non-hydrogen) atoms. The van der Waals surface area contributed by atoms with E-state index in [2.05, 4.69) is 161 Å². The van der Waals surface area contributed by atoms with Crippen LogP contribution in [0, 0.1) is 10.4 Å². The van der Waals surface area contributed by atoms with Crippen molar-refractivity contribution in [3.05, 3.63) is 208 Å². The summed E-state index contributed by atoms with van der Waals surface area (Å²) in [6.07, 6.45) is 4.16. The second-order valence-electron chi connectivity index (χ2n) is 12.5. The largest absolute Gasteiger partial charge is 0.248 e. The number of hydrogen-bond acceptors (Lipinski definition) is 5. The van der Waals surface area contributed by atoms with E-state index < -0.39 is 0 Å². The van der Waals surface area contributed by atoms with Crippen LogP contribution < -0.4 is 10.7 Å². The van der Waals surface area contributed by atoms with Gasteiger partial charge in [-0.3, -0.25) is 0 Å². The normalized spacial score (nSPS) is 11.8. The number of hydrogen-bond donors (Lipinski definition) is 0. The molecular weight excluding hydrogens is 623 g/mol. The monoisotopic (exact) mass is 653 g/mol. The van der Waals surface area contributed by atoms with Gasteiger partial charge >= 0.3 is 0 Å². The minimum atomic E-state index is 1.01. The van der Waals surface area contributed by atoms with Crippen LogP contribution >= 0.6 is 0 Å². The van der Waals surface area contributed by atoms with E-state index in [1.54, 1.807) is 18.5 Å². The molecule has 0 saturated heterocycles. The Bertz CT molecular complexity index is 2740. The molecule has 1 aromatic heterocycles. The lowest BCUT2D eigenvalue weighted by atomic mass is 9.88. The maximum absolute atomic E-state index is 4.83. The summed E-state index contributed by atoms with van der Waals surface area (Å²) in [5.41, 5.74) is 15.4. The average molecular weight is 654 g/mol. The predicted molar refractivity (Wildman–Crippen MR) is 203 cm³/mol. The Kier molecular flexibility index (Phi) is 7.84. The van der Waals surface area contributed by atoms with Gasteiger partial charge in [0, 0.05) is 21.6 Å². The third kappa shape index (κ3) is 5.61. The van der Waals surface area contributed by atoms with Gasteiger partial charge in [-0.1, -0.05) is 133 Å². The lowest BCUT2D eigenvalue weighted by Gasteiger charge is -2.16. The van der Waals surface area contributed by atoms with E-state index >= 15 is 0 Å². The smallest absolute Gasteiger partial charge is 0.0817 e. The predicted octanol–water partition coefficient (Wildman–Crippen LogP) is 9.63. The van der Waals surface area contributed by atoms with Crippen molar-refractivity contribution in [2.75, 3.05) is 0 Å². The first-order chi connectivity index (χ1) is 25.3. The molecule has 0 fully saturated rings. The van der Waals surface area contributed by atoms with Crippen molar-refractivity contribution >= 4 is 11.4 Å². The topological polar surface area (TPSA) is 63.4 Å². The second kappa shape index (κ2) is 13.2. The molecule has 5 nitrogen and oxygen atoms in total. The van der Waals surface area contributed by atoms with Crippen LogP contribution in [0.3, 0.4) is 0 Å². The van der Waals surface area contributed by atoms with Gasteiger partial charge in [0.05, 0.1) is 34.5 Å². The molecule has 8 aromatic rings. The minimum absolute atomic E-state index is 1.01. The van der Waals surface area contributed by atoms with E-state index in [0.717, 1.165) is 28.5 Å². The van der Waals surface area contributed by atoms with Gasteiger partial charge < -0.3 is 0 Å². The van der Waals surface area contributed by atoms with Gasteiger partial charge in [-0.05, 0) is 86.5 Å².